The zero-order chi connectivity index (χ0) is 18.5. The molecular formula is C18H18FN3O4. The Morgan fingerprint density at radius 1 is 1.12 bits per heavy atom. The Balaban J connectivity index is 1.54. The lowest BCUT2D eigenvalue weighted by Gasteiger charge is -2.35. The van der Waals surface area contributed by atoms with Crippen LogP contribution in [0, 0.1) is 15.9 Å². The summed E-state index contributed by atoms with van der Waals surface area (Å²) in [5.41, 5.74) is 0.926. The molecule has 1 amide bonds. The van der Waals surface area contributed by atoms with Crippen LogP contribution in [0.25, 0.3) is 0 Å². The number of carbonyl (C=O) groups excluding carboxylic acids is 1. The second-order valence-electron chi connectivity index (χ2n) is 5.91. The van der Waals surface area contributed by atoms with Gasteiger partial charge in [-0.1, -0.05) is 30.3 Å². The molecule has 1 heterocycles. The maximum atomic E-state index is 14.1. The summed E-state index contributed by atoms with van der Waals surface area (Å²) in [6.07, 6.45) is -0.405. The highest BCUT2D eigenvalue weighted by Gasteiger charge is 2.24. The summed E-state index contributed by atoms with van der Waals surface area (Å²) in [5.74, 6) is -0.640. The maximum Gasteiger partial charge on any atom is 0.410 e. The fourth-order valence-corrected chi connectivity index (χ4v) is 2.81. The molecular weight excluding hydrogens is 341 g/mol. The van der Waals surface area contributed by atoms with Gasteiger partial charge in [0.1, 0.15) is 6.61 Å². The SMILES string of the molecule is O=C(OCc1ccccc1)N1CCN(c2ccc([N+](=O)[O-])cc2F)CC1. The largest absolute Gasteiger partial charge is 0.445 e. The Labute approximate surface area is 149 Å². The molecule has 0 radical (unpaired) electrons. The molecule has 1 saturated heterocycles. The first-order valence-corrected chi connectivity index (χ1v) is 8.19. The van der Waals surface area contributed by atoms with Crippen LogP contribution in [0.3, 0.4) is 0 Å². The number of anilines is 1. The van der Waals surface area contributed by atoms with E-state index in [-0.39, 0.29) is 12.3 Å². The van der Waals surface area contributed by atoms with Gasteiger partial charge < -0.3 is 14.5 Å². The molecule has 2 aromatic rings. The van der Waals surface area contributed by atoms with Crippen LogP contribution in [0.15, 0.2) is 48.5 Å². The number of non-ortho nitro benzene ring substituents is 1. The number of nitro benzene ring substituents is 1. The van der Waals surface area contributed by atoms with Crippen LogP contribution in [-0.4, -0.2) is 42.1 Å². The van der Waals surface area contributed by atoms with Crippen molar-refractivity contribution in [2.24, 2.45) is 0 Å². The molecule has 136 valence electrons. The van der Waals surface area contributed by atoms with Crippen LogP contribution in [0.5, 0.6) is 0 Å². The molecule has 1 aliphatic heterocycles. The van der Waals surface area contributed by atoms with E-state index in [1.807, 2.05) is 30.3 Å². The number of nitrogens with zero attached hydrogens (tertiary/aromatic N) is 3. The highest BCUT2D eigenvalue weighted by molar-refractivity contribution is 5.68. The Hall–Kier alpha value is -3.16. The van der Waals surface area contributed by atoms with E-state index in [9.17, 15) is 19.3 Å². The first-order chi connectivity index (χ1) is 12.5. The number of benzene rings is 2. The van der Waals surface area contributed by atoms with Gasteiger partial charge in [-0.3, -0.25) is 10.1 Å². The second-order valence-corrected chi connectivity index (χ2v) is 5.91. The highest BCUT2D eigenvalue weighted by Crippen LogP contribution is 2.25. The van der Waals surface area contributed by atoms with Gasteiger partial charge in [-0.05, 0) is 11.6 Å². The van der Waals surface area contributed by atoms with Crippen molar-refractivity contribution < 1.29 is 18.8 Å². The average molecular weight is 359 g/mol. The van der Waals surface area contributed by atoms with Gasteiger partial charge in [0.25, 0.3) is 5.69 Å². The van der Waals surface area contributed by atoms with Gasteiger partial charge in [-0.25, -0.2) is 9.18 Å². The summed E-state index contributed by atoms with van der Waals surface area (Å²) in [4.78, 5) is 25.5. The molecule has 1 fully saturated rings. The minimum absolute atomic E-state index is 0.205. The maximum absolute atomic E-state index is 14.1. The monoisotopic (exact) mass is 359 g/mol. The number of carbonyl (C=O) groups is 1. The van der Waals surface area contributed by atoms with E-state index < -0.39 is 16.8 Å². The number of ether oxygens (including phenoxy) is 1. The number of hydrogen-bond acceptors (Lipinski definition) is 5. The zero-order valence-corrected chi connectivity index (χ0v) is 14.0. The molecule has 3 rings (SSSR count). The standard InChI is InChI=1S/C18H18FN3O4/c19-16-12-15(22(24)25)6-7-17(16)20-8-10-21(11-9-20)18(23)26-13-14-4-2-1-3-5-14/h1-7,12H,8-11,13H2. The fourth-order valence-electron chi connectivity index (χ4n) is 2.81. The van der Waals surface area contributed by atoms with Crippen LogP contribution < -0.4 is 4.90 Å². The van der Waals surface area contributed by atoms with Crippen molar-refractivity contribution in [2.45, 2.75) is 6.61 Å². The van der Waals surface area contributed by atoms with E-state index in [0.717, 1.165) is 11.6 Å². The highest BCUT2D eigenvalue weighted by atomic mass is 19.1. The summed E-state index contributed by atoms with van der Waals surface area (Å²) >= 11 is 0. The second kappa shape index (κ2) is 7.81. The fraction of sp³-hybridized carbons (Fsp3) is 0.278. The molecule has 0 atom stereocenters. The van der Waals surface area contributed by atoms with E-state index in [0.29, 0.717) is 31.9 Å². The lowest BCUT2D eigenvalue weighted by molar-refractivity contribution is -0.385. The average Bonchev–Trinajstić information content (AvgIpc) is 2.67. The first-order valence-electron chi connectivity index (χ1n) is 8.19. The Bertz CT molecular complexity index is 792. The number of rotatable bonds is 4. The number of nitro groups is 1. The van der Waals surface area contributed by atoms with Crippen molar-refractivity contribution >= 4 is 17.5 Å². The van der Waals surface area contributed by atoms with Crippen LogP contribution in [0.4, 0.5) is 20.6 Å². The van der Waals surface area contributed by atoms with Gasteiger partial charge >= 0.3 is 6.09 Å². The van der Waals surface area contributed by atoms with E-state index in [2.05, 4.69) is 0 Å². The van der Waals surface area contributed by atoms with Crippen molar-refractivity contribution in [1.29, 1.82) is 0 Å². The molecule has 0 aliphatic carbocycles. The van der Waals surface area contributed by atoms with Crippen LogP contribution in [-0.2, 0) is 11.3 Å². The number of halogens is 1. The molecule has 7 nitrogen and oxygen atoms in total. The summed E-state index contributed by atoms with van der Waals surface area (Å²) < 4.78 is 19.4. The lowest BCUT2D eigenvalue weighted by Crippen LogP contribution is -2.49. The molecule has 2 aromatic carbocycles. The van der Waals surface area contributed by atoms with Crippen LogP contribution in [0.1, 0.15) is 5.56 Å². The molecule has 8 heteroatoms. The van der Waals surface area contributed by atoms with E-state index >= 15 is 0 Å². The van der Waals surface area contributed by atoms with Gasteiger partial charge in [-0.2, -0.15) is 0 Å². The summed E-state index contributed by atoms with van der Waals surface area (Å²) in [6, 6.07) is 13.0. The first kappa shape index (κ1) is 17.7. The van der Waals surface area contributed by atoms with E-state index in [1.165, 1.54) is 12.1 Å². The normalized spacial score (nSPS) is 14.2. The third-order valence-electron chi connectivity index (χ3n) is 4.23. The molecule has 0 saturated carbocycles. The molecule has 0 spiro atoms. The number of hydrogen-bond donors (Lipinski definition) is 0. The van der Waals surface area contributed by atoms with Crippen LogP contribution >= 0.6 is 0 Å². The van der Waals surface area contributed by atoms with Gasteiger partial charge in [-0.15, -0.1) is 0 Å². The Morgan fingerprint density at radius 2 is 1.81 bits per heavy atom. The lowest BCUT2D eigenvalue weighted by atomic mass is 10.2. The van der Waals surface area contributed by atoms with Gasteiger partial charge in [0, 0.05) is 32.2 Å². The Kier molecular flexibility index (Phi) is 5.31. The predicted octanol–water partition coefficient (Wildman–Crippen LogP) is 3.19. The van der Waals surface area contributed by atoms with Gasteiger partial charge in [0.15, 0.2) is 5.82 Å². The summed E-state index contributed by atoms with van der Waals surface area (Å²) in [5, 5.41) is 10.7. The van der Waals surface area contributed by atoms with E-state index in [4.69, 9.17) is 4.74 Å². The minimum atomic E-state index is -0.640. The van der Waals surface area contributed by atoms with Gasteiger partial charge in [0.05, 0.1) is 16.7 Å². The van der Waals surface area contributed by atoms with Crippen LogP contribution in [0.2, 0.25) is 0 Å². The summed E-state index contributed by atoms with van der Waals surface area (Å²) in [7, 11) is 0. The zero-order valence-electron chi connectivity index (χ0n) is 14.0. The topological polar surface area (TPSA) is 75.9 Å². The molecule has 0 bridgehead atoms. The van der Waals surface area contributed by atoms with Crippen molar-refractivity contribution in [3.05, 3.63) is 70.0 Å². The quantitative estimate of drug-likeness (QED) is 0.619. The predicted molar refractivity (Wildman–Crippen MR) is 93.5 cm³/mol. The Morgan fingerprint density at radius 3 is 2.42 bits per heavy atom. The molecule has 0 N–H and O–H groups in total. The van der Waals surface area contributed by atoms with Crippen molar-refractivity contribution in [3.8, 4) is 0 Å². The third kappa shape index (κ3) is 4.08. The third-order valence-corrected chi connectivity index (χ3v) is 4.23. The van der Waals surface area contributed by atoms with E-state index in [1.54, 1.807) is 9.80 Å². The minimum Gasteiger partial charge on any atom is -0.445 e. The molecule has 26 heavy (non-hydrogen) atoms. The summed E-state index contributed by atoms with van der Waals surface area (Å²) in [6.45, 7) is 1.84. The van der Waals surface area contributed by atoms with Crippen molar-refractivity contribution in [1.82, 2.24) is 4.90 Å². The molecule has 0 aromatic heterocycles. The molecule has 0 unspecified atom stereocenters. The van der Waals surface area contributed by atoms with Gasteiger partial charge in [0.2, 0.25) is 0 Å². The molecule has 1 aliphatic rings. The number of amides is 1. The van der Waals surface area contributed by atoms with Crippen molar-refractivity contribution in [3.63, 3.8) is 0 Å². The van der Waals surface area contributed by atoms with Crippen molar-refractivity contribution in [2.75, 3.05) is 31.1 Å². The number of piperazine rings is 1. The smallest absolute Gasteiger partial charge is 0.410 e.